The first kappa shape index (κ1) is 16.9. The zero-order chi connectivity index (χ0) is 16.8. The van der Waals surface area contributed by atoms with Crippen molar-refractivity contribution in [1.29, 1.82) is 0 Å². The van der Waals surface area contributed by atoms with Crippen molar-refractivity contribution in [3.05, 3.63) is 54.1 Å². The molecule has 0 aliphatic heterocycles. The Hall–Kier alpha value is -2.49. The van der Waals surface area contributed by atoms with Crippen molar-refractivity contribution in [1.82, 2.24) is 0 Å². The number of rotatable bonds is 6. The van der Waals surface area contributed by atoms with Crippen LogP contribution in [0, 0.1) is 0 Å². The lowest BCUT2D eigenvalue weighted by molar-refractivity contribution is -0.122. The third kappa shape index (κ3) is 4.49. The van der Waals surface area contributed by atoms with Gasteiger partial charge >= 0.3 is 0 Å². The fraction of sp³-hybridized carbons (Fsp3) is 0.316. The van der Waals surface area contributed by atoms with Gasteiger partial charge in [-0.25, -0.2) is 0 Å². The summed E-state index contributed by atoms with van der Waals surface area (Å²) >= 11 is 0. The molecular formula is C19H23NO3. The van der Waals surface area contributed by atoms with Gasteiger partial charge in [0.05, 0.1) is 7.11 Å². The second-order valence-corrected chi connectivity index (χ2v) is 5.67. The smallest absolute Gasteiger partial charge is 0.265 e. The third-order valence-electron chi connectivity index (χ3n) is 3.57. The molecule has 2 aromatic carbocycles. The fourth-order valence-corrected chi connectivity index (χ4v) is 2.23. The number of anilines is 1. The van der Waals surface area contributed by atoms with E-state index in [-0.39, 0.29) is 5.91 Å². The van der Waals surface area contributed by atoms with Gasteiger partial charge in [0, 0.05) is 5.69 Å². The third-order valence-corrected chi connectivity index (χ3v) is 3.57. The molecule has 0 saturated heterocycles. The van der Waals surface area contributed by atoms with E-state index in [9.17, 15) is 4.79 Å². The number of nitrogens with one attached hydrogen (secondary N) is 1. The highest BCUT2D eigenvalue weighted by atomic mass is 16.5. The first-order valence-corrected chi connectivity index (χ1v) is 7.71. The molecule has 1 N–H and O–H groups in total. The summed E-state index contributed by atoms with van der Waals surface area (Å²) < 4.78 is 10.9. The van der Waals surface area contributed by atoms with Crippen LogP contribution < -0.4 is 14.8 Å². The average molecular weight is 313 g/mol. The molecule has 0 fully saturated rings. The summed E-state index contributed by atoms with van der Waals surface area (Å²) in [6, 6.07) is 15.0. The Morgan fingerprint density at radius 2 is 1.65 bits per heavy atom. The number of amides is 1. The van der Waals surface area contributed by atoms with Crippen LogP contribution in [-0.4, -0.2) is 19.1 Å². The zero-order valence-corrected chi connectivity index (χ0v) is 14.0. The molecule has 0 aromatic heterocycles. The average Bonchev–Trinajstić information content (AvgIpc) is 2.55. The number of hydrogen-bond donors (Lipinski definition) is 1. The Balaban J connectivity index is 2.02. The molecule has 0 radical (unpaired) electrons. The van der Waals surface area contributed by atoms with Gasteiger partial charge in [-0.3, -0.25) is 4.79 Å². The van der Waals surface area contributed by atoms with E-state index < -0.39 is 6.10 Å². The maximum absolute atomic E-state index is 12.3. The van der Waals surface area contributed by atoms with E-state index in [4.69, 9.17) is 9.47 Å². The molecule has 0 saturated carbocycles. The highest BCUT2D eigenvalue weighted by Gasteiger charge is 2.17. The lowest BCUT2D eigenvalue weighted by atomic mass is 10.0. The molecule has 4 heteroatoms. The van der Waals surface area contributed by atoms with Gasteiger partial charge < -0.3 is 14.8 Å². The van der Waals surface area contributed by atoms with E-state index in [1.165, 1.54) is 0 Å². The van der Waals surface area contributed by atoms with Gasteiger partial charge in [-0.2, -0.15) is 0 Å². The number of carbonyl (C=O) groups excluding carboxylic acids is 1. The van der Waals surface area contributed by atoms with Crippen molar-refractivity contribution >= 4 is 11.6 Å². The number of ether oxygens (including phenoxy) is 2. The van der Waals surface area contributed by atoms with Gasteiger partial charge in [0.1, 0.15) is 11.5 Å². The predicted molar refractivity (Wildman–Crippen MR) is 92.2 cm³/mol. The number of para-hydroxylation sites is 1. The van der Waals surface area contributed by atoms with Gasteiger partial charge in [0.2, 0.25) is 0 Å². The normalized spacial score (nSPS) is 11.9. The van der Waals surface area contributed by atoms with Crippen molar-refractivity contribution in [2.75, 3.05) is 12.4 Å². The molecule has 0 spiro atoms. The van der Waals surface area contributed by atoms with E-state index in [0.29, 0.717) is 11.6 Å². The van der Waals surface area contributed by atoms with Crippen molar-refractivity contribution in [2.24, 2.45) is 0 Å². The second-order valence-electron chi connectivity index (χ2n) is 5.67. The summed E-state index contributed by atoms with van der Waals surface area (Å²) in [6.07, 6.45) is -0.586. The predicted octanol–water partition coefficient (Wildman–Crippen LogP) is 4.22. The molecule has 122 valence electrons. The summed E-state index contributed by atoms with van der Waals surface area (Å²) in [5, 5.41) is 2.84. The molecule has 1 unspecified atom stereocenters. The van der Waals surface area contributed by atoms with Gasteiger partial charge in [-0.1, -0.05) is 32.0 Å². The number of benzene rings is 2. The van der Waals surface area contributed by atoms with Crippen molar-refractivity contribution < 1.29 is 14.3 Å². The van der Waals surface area contributed by atoms with Crippen LogP contribution in [-0.2, 0) is 4.79 Å². The van der Waals surface area contributed by atoms with Gasteiger partial charge in [-0.15, -0.1) is 0 Å². The highest BCUT2D eigenvalue weighted by molar-refractivity contribution is 5.94. The number of carbonyl (C=O) groups is 1. The number of methoxy groups -OCH3 is 1. The van der Waals surface area contributed by atoms with Crippen LogP contribution in [0.15, 0.2) is 48.5 Å². The van der Waals surface area contributed by atoms with Crippen LogP contribution in [0.3, 0.4) is 0 Å². The van der Waals surface area contributed by atoms with E-state index in [0.717, 1.165) is 17.1 Å². The standard InChI is InChI=1S/C19H23NO3/c1-13(2)17-7-5-6-8-18(17)23-14(3)19(21)20-15-9-11-16(22-4)12-10-15/h5-14H,1-4H3,(H,20,21). The molecule has 1 atom stereocenters. The van der Waals surface area contributed by atoms with E-state index in [1.807, 2.05) is 24.3 Å². The van der Waals surface area contributed by atoms with E-state index in [1.54, 1.807) is 38.3 Å². The summed E-state index contributed by atoms with van der Waals surface area (Å²) in [5.41, 5.74) is 1.81. The molecule has 0 heterocycles. The molecule has 0 aliphatic rings. The molecule has 2 aromatic rings. The molecule has 0 aliphatic carbocycles. The minimum atomic E-state index is -0.586. The fourth-order valence-electron chi connectivity index (χ4n) is 2.23. The number of hydrogen-bond acceptors (Lipinski definition) is 3. The van der Waals surface area contributed by atoms with Gasteiger partial charge in [-0.05, 0) is 48.7 Å². The van der Waals surface area contributed by atoms with E-state index >= 15 is 0 Å². The van der Waals surface area contributed by atoms with Gasteiger partial charge in [0.25, 0.3) is 5.91 Å². The van der Waals surface area contributed by atoms with Crippen LogP contribution >= 0.6 is 0 Å². The maximum atomic E-state index is 12.3. The molecule has 0 bridgehead atoms. The Morgan fingerprint density at radius 3 is 2.26 bits per heavy atom. The lowest BCUT2D eigenvalue weighted by Gasteiger charge is -2.18. The second kappa shape index (κ2) is 7.68. The minimum Gasteiger partial charge on any atom is -0.497 e. The molecule has 23 heavy (non-hydrogen) atoms. The Bertz CT molecular complexity index is 650. The van der Waals surface area contributed by atoms with Crippen LogP contribution in [0.1, 0.15) is 32.3 Å². The van der Waals surface area contributed by atoms with Crippen LogP contribution in [0.2, 0.25) is 0 Å². The molecular weight excluding hydrogens is 290 g/mol. The summed E-state index contributed by atoms with van der Waals surface area (Å²) in [5.74, 6) is 1.65. The quantitative estimate of drug-likeness (QED) is 0.868. The van der Waals surface area contributed by atoms with Crippen LogP contribution in [0.5, 0.6) is 11.5 Å². The highest BCUT2D eigenvalue weighted by Crippen LogP contribution is 2.27. The SMILES string of the molecule is COc1ccc(NC(=O)C(C)Oc2ccccc2C(C)C)cc1. The van der Waals surface area contributed by atoms with Gasteiger partial charge in [0.15, 0.2) is 6.10 Å². The summed E-state index contributed by atoms with van der Waals surface area (Å²) in [4.78, 5) is 12.3. The Kier molecular flexibility index (Phi) is 5.63. The van der Waals surface area contributed by atoms with Crippen LogP contribution in [0.4, 0.5) is 5.69 Å². The van der Waals surface area contributed by atoms with Crippen LogP contribution in [0.25, 0.3) is 0 Å². The van der Waals surface area contributed by atoms with E-state index in [2.05, 4.69) is 19.2 Å². The monoisotopic (exact) mass is 313 g/mol. The maximum Gasteiger partial charge on any atom is 0.265 e. The van der Waals surface area contributed by atoms with Crippen molar-refractivity contribution in [2.45, 2.75) is 32.8 Å². The summed E-state index contributed by atoms with van der Waals surface area (Å²) in [6.45, 7) is 5.95. The first-order chi connectivity index (χ1) is 11.0. The summed E-state index contributed by atoms with van der Waals surface area (Å²) in [7, 11) is 1.61. The van der Waals surface area contributed by atoms with Crippen molar-refractivity contribution in [3.8, 4) is 11.5 Å². The Labute approximate surface area is 137 Å². The lowest BCUT2D eigenvalue weighted by Crippen LogP contribution is -2.30. The Morgan fingerprint density at radius 1 is 1.00 bits per heavy atom. The van der Waals surface area contributed by atoms with Crippen molar-refractivity contribution in [3.63, 3.8) is 0 Å². The molecule has 2 rings (SSSR count). The molecule has 1 amide bonds. The molecule has 4 nitrogen and oxygen atoms in total. The zero-order valence-electron chi connectivity index (χ0n) is 14.0. The topological polar surface area (TPSA) is 47.6 Å². The minimum absolute atomic E-state index is 0.186. The first-order valence-electron chi connectivity index (χ1n) is 7.71. The largest absolute Gasteiger partial charge is 0.497 e.